The number of fused-ring (bicyclic) bond motifs is 1. The maximum Gasteiger partial charge on any atom is 0.229 e. The third kappa shape index (κ3) is 3.10. The summed E-state index contributed by atoms with van der Waals surface area (Å²) in [5.74, 6) is -0.729. The SMILES string of the molecule is COc1cccc(NC(=O)C2CC(=O)N(c3n[nH]c4cccc(F)c34)C2)c1. The van der Waals surface area contributed by atoms with E-state index >= 15 is 0 Å². The molecule has 0 bridgehead atoms. The molecule has 1 fully saturated rings. The zero-order chi connectivity index (χ0) is 19.0. The van der Waals surface area contributed by atoms with Crippen molar-refractivity contribution in [3.8, 4) is 5.75 Å². The Morgan fingerprint density at radius 3 is 2.96 bits per heavy atom. The highest BCUT2D eigenvalue weighted by Crippen LogP contribution is 2.31. The molecule has 1 atom stereocenters. The van der Waals surface area contributed by atoms with E-state index in [2.05, 4.69) is 15.5 Å². The normalized spacial score (nSPS) is 16.7. The largest absolute Gasteiger partial charge is 0.497 e. The predicted octanol–water partition coefficient (Wildman–Crippen LogP) is 2.70. The number of hydrogen-bond acceptors (Lipinski definition) is 4. The summed E-state index contributed by atoms with van der Waals surface area (Å²) in [7, 11) is 1.54. The zero-order valence-corrected chi connectivity index (χ0v) is 14.5. The van der Waals surface area contributed by atoms with Crippen molar-refractivity contribution in [1.82, 2.24) is 10.2 Å². The van der Waals surface area contributed by atoms with Crippen LogP contribution in [0.2, 0.25) is 0 Å². The number of rotatable bonds is 4. The van der Waals surface area contributed by atoms with Gasteiger partial charge in [-0.25, -0.2) is 4.39 Å². The summed E-state index contributed by atoms with van der Waals surface area (Å²) in [6.45, 7) is 0.142. The Morgan fingerprint density at radius 1 is 1.33 bits per heavy atom. The van der Waals surface area contributed by atoms with Gasteiger partial charge in [0.2, 0.25) is 11.8 Å². The molecule has 1 unspecified atom stereocenters. The summed E-state index contributed by atoms with van der Waals surface area (Å²) in [4.78, 5) is 26.4. The van der Waals surface area contributed by atoms with E-state index in [4.69, 9.17) is 4.74 Å². The average molecular weight is 368 g/mol. The second-order valence-corrected chi connectivity index (χ2v) is 6.34. The number of carbonyl (C=O) groups excluding carboxylic acids is 2. The summed E-state index contributed by atoms with van der Waals surface area (Å²) in [6.07, 6.45) is 0.0403. The van der Waals surface area contributed by atoms with Crippen molar-refractivity contribution in [2.75, 3.05) is 23.9 Å². The van der Waals surface area contributed by atoms with E-state index in [1.54, 1.807) is 43.5 Å². The molecule has 1 aliphatic rings. The zero-order valence-electron chi connectivity index (χ0n) is 14.5. The number of anilines is 2. The lowest BCUT2D eigenvalue weighted by molar-refractivity contribution is -0.122. The van der Waals surface area contributed by atoms with Gasteiger partial charge in [0.25, 0.3) is 0 Å². The lowest BCUT2D eigenvalue weighted by Gasteiger charge is -2.14. The van der Waals surface area contributed by atoms with Crippen LogP contribution >= 0.6 is 0 Å². The number of nitrogens with zero attached hydrogens (tertiary/aromatic N) is 2. The van der Waals surface area contributed by atoms with Gasteiger partial charge in [0.05, 0.1) is 23.9 Å². The molecule has 2 N–H and O–H groups in total. The fraction of sp³-hybridized carbons (Fsp3) is 0.211. The second-order valence-electron chi connectivity index (χ2n) is 6.34. The molecule has 8 heteroatoms. The van der Waals surface area contributed by atoms with Gasteiger partial charge < -0.3 is 10.1 Å². The number of benzene rings is 2. The highest BCUT2D eigenvalue weighted by molar-refractivity contribution is 6.07. The highest BCUT2D eigenvalue weighted by atomic mass is 19.1. The maximum atomic E-state index is 14.2. The Hall–Kier alpha value is -3.42. The van der Waals surface area contributed by atoms with Gasteiger partial charge in [0.15, 0.2) is 5.82 Å². The van der Waals surface area contributed by atoms with E-state index < -0.39 is 11.7 Å². The van der Waals surface area contributed by atoms with Crippen LogP contribution in [0.25, 0.3) is 10.9 Å². The molecule has 27 heavy (non-hydrogen) atoms. The van der Waals surface area contributed by atoms with Crippen molar-refractivity contribution < 1.29 is 18.7 Å². The second kappa shape index (κ2) is 6.71. The fourth-order valence-electron chi connectivity index (χ4n) is 3.24. The molecule has 2 aromatic carbocycles. The van der Waals surface area contributed by atoms with Crippen LogP contribution in [0, 0.1) is 11.7 Å². The van der Waals surface area contributed by atoms with Crippen LogP contribution in [0.1, 0.15) is 6.42 Å². The first-order chi connectivity index (χ1) is 13.1. The summed E-state index contributed by atoms with van der Waals surface area (Å²) in [6, 6.07) is 11.5. The predicted molar refractivity (Wildman–Crippen MR) is 98.1 cm³/mol. The standard InChI is InChI=1S/C19H17FN4O3/c1-27-13-5-2-4-12(9-13)21-19(26)11-8-16(25)24(10-11)18-17-14(20)6-3-7-15(17)22-23-18/h2-7,9,11H,8,10H2,1H3,(H,21,26)(H,22,23). The Labute approximate surface area is 154 Å². The number of amides is 2. The van der Waals surface area contributed by atoms with Crippen LogP contribution < -0.4 is 15.0 Å². The fourth-order valence-corrected chi connectivity index (χ4v) is 3.24. The van der Waals surface area contributed by atoms with Gasteiger partial charge in [-0.15, -0.1) is 0 Å². The first-order valence-corrected chi connectivity index (χ1v) is 8.44. The number of nitrogens with one attached hydrogen (secondary N) is 2. The molecule has 2 amide bonds. The number of carbonyl (C=O) groups is 2. The van der Waals surface area contributed by atoms with Crippen LogP contribution in [0.4, 0.5) is 15.9 Å². The topological polar surface area (TPSA) is 87.3 Å². The summed E-state index contributed by atoms with van der Waals surface area (Å²) in [5, 5.41) is 9.85. The van der Waals surface area contributed by atoms with Gasteiger partial charge in [-0.3, -0.25) is 19.6 Å². The Morgan fingerprint density at radius 2 is 2.15 bits per heavy atom. The smallest absolute Gasteiger partial charge is 0.229 e. The number of hydrogen-bond donors (Lipinski definition) is 2. The minimum absolute atomic E-state index is 0.0403. The first-order valence-electron chi connectivity index (χ1n) is 8.44. The van der Waals surface area contributed by atoms with Crippen molar-refractivity contribution in [2.24, 2.45) is 5.92 Å². The van der Waals surface area contributed by atoms with Gasteiger partial charge in [-0.1, -0.05) is 12.1 Å². The van der Waals surface area contributed by atoms with Crippen molar-refractivity contribution in [3.05, 3.63) is 48.3 Å². The molecule has 1 aromatic heterocycles. The van der Waals surface area contributed by atoms with Crippen molar-refractivity contribution in [3.63, 3.8) is 0 Å². The molecule has 0 spiro atoms. The summed E-state index contributed by atoms with van der Waals surface area (Å²) < 4.78 is 19.3. The third-order valence-corrected chi connectivity index (χ3v) is 4.61. The lowest BCUT2D eigenvalue weighted by Crippen LogP contribution is -2.28. The minimum atomic E-state index is -0.553. The molecule has 0 aliphatic carbocycles. The molecule has 3 aromatic rings. The molecule has 0 radical (unpaired) electrons. The number of ether oxygens (including phenoxy) is 1. The van der Waals surface area contributed by atoms with E-state index in [1.807, 2.05) is 0 Å². The third-order valence-electron chi connectivity index (χ3n) is 4.61. The van der Waals surface area contributed by atoms with Crippen LogP contribution in [0.5, 0.6) is 5.75 Å². The summed E-state index contributed by atoms with van der Waals surface area (Å²) in [5.41, 5.74) is 1.09. The Bertz CT molecular complexity index is 1030. The van der Waals surface area contributed by atoms with Gasteiger partial charge in [-0.05, 0) is 24.3 Å². The van der Waals surface area contributed by atoms with E-state index in [9.17, 15) is 14.0 Å². The van der Waals surface area contributed by atoms with Gasteiger partial charge in [0, 0.05) is 24.7 Å². The Balaban J connectivity index is 1.54. The molecular weight excluding hydrogens is 351 g/mol. The molecule has 7 nitrogen and oxygen atoms in total. The molecule has 138 valence electrons. The van der Waals surface area contributed by atoms with Crippen molar-refractivity contribution >= 4 is 34.2 Å². The Kier molecular flexibility index (Phi) is 4.23. The molecule has 1 saturated heterocycles. The van der Waals surface area contributed by atoms with Gasteiger partial charge in [0.1, 0.15) is 11.6 Å². The van der Waals surface area contributed by atoms with Crippen LogP contribution in [-0.2, 0) is 9.59 Å². The van der Waals surface area contributed by atoms with Gasteiger partial charge >= 0.3 is 0 Å². The first kappa shape index (κ1) is 17.0. The number of methoxy groups -OCH3 is 1. The van der Waals surface area contributed by atoms with E-state index in [1.165, 1.54) is 11.0 Å². The summed E-state index contributed by atoms with van der Waals surface area (Å²) >= 11 is 0. The average Bonchev–Trinajstić information content (AvgIpc) is 3.26. The lowest BCUT2D eigenvalue weighted by atomic mass is 10.1. The number of H-pyrrole nitrogens is 1. The highest BCUT2D eigenvalue weighted by Gasteiger charge is 2.37. The number of halogens is 1. The number of aromatic nitrogens is 2. The minimum Gasteiger partial charge on any atom is -0.497 e. The number of aromatic amines is 1. The maximum absolute atomic E-state index is 14.2. The van der Waals surface area contributed by atoms with Gasteiger partial charge in [-0.2, -0.15) is 5.10 Å². The molecular formula is C19H17FN4O3. The van der Waals surface area contributed by atoms with E-state index in [0.29, 0.717) is 17.0 Å². The molecule has 4 rings (SSSR count). The van der Waals surface area contributed by atoms with E-state index in [-0.39, 0.29) is 36.0 Å². The monoisotopic (exact) mass is 368 g/mol. The van der Waals surface area contributed by atoms with Crippen LogP contribution in [0.3, 0.4) is 0 Å². The van der Waals surface area contributed by atoms with Crippen molar-refractivity contribution in [1.29, 1.82) is 0 Å². The van der Waals surface area contributed by atoms with Crippen LogP contribution in [0.15, 0.2) is 42.5 Å². The molecule has 1 aliphatic heterocycles. The molecule has 0 saturated carbocycles. The molecule has 2 heterocycles. The van der Waals surface area contributed by atoms with Crippen molar-refractivity contribution in [2.45, 2.75) is 6.42 Å². The quantitative estimate of drug-likeness (QED) is 0.741. The van der Waals surface area contributed by atoms with Crippen LogP contribution in [-0.4, -0.2) is 35.7 Å². The van der Waals surface area contributed by atoms with E-state index in [0.717, 1.165) is 0 Å².